The number of benzene rings is 4. The van der Waals surface area contributed by atoms with Gasteiger partial charge in [0.2, 0.25) is 0 Å². The second kappa shape index (κ2) is 6.13. The molecule has 0 N–H and O–H groups in total. The van der Waals surface area contributed by atoms with E-state index in [2.05, 4.69) is 18.2 Å². The fraction of sp³-hybridized carbons (Fsp3) is 0. The van der Waals surface area contributed by atoms with Gasteiger partial charge in [-0.15, -0.1) is 0 Å². The Labute approximate surface area is 140 Å². The van der Waals surface area contributed by atoms with Crippen LogP contribution in [0.1, 0.15) is 15.9 Å². The second-order valence-electron chi connectivity index (χ2n) is 5.80. The second-order valence-corrected chi connectivity index (χ2v) is 5.80. The summed E-state index contributed by atoms with van der Waals surface area (Å²) in [4.78, 5) is 12.8. The van der Waals surface area contributed by atoms with E-state index in [1.54, 1.807) is 6.08 Å². The van der Waals surface area contributed by atoms with E-state index in [4.69, 9.17) is 0 Å². The Hall–Kier alpha value is -3.19. The van der Waals surface area contributed by atoms with Crippen LogP contribution < -0.4 is 0 Å². The number of allylic oxidation sites excluding steroid dienone is 1. The lowest BCUT2D eigenvalue weighted by atomic mass is 9.95. The number of carbonyl (C=O) groups is 1. The van der Waals surface area contributed by atoms with Gasteiger partial charge in [-0.3, -0.25) is 4.79 Å². The first-order chi connectivity index (χ1) is 11.8. The maximum atomic E-state index is 12.8. The van der Waals surface area contributed by atoms with E-state index in [-0.39, 0.29) is 5.78 Å². The quantitative estimate of drug-likeness (QED) is 0.262. The Morgan fingerprint density at radius 3 is 2.08 bits per heavy atom. The van der Waals surface area contributed by atoms with Crippen molar-refractivity contribution in [3.8, 4) is 0 Å². The van der Waals surface area contributed by atoms with E-state index in [0.29, 0.717) is 0 Å². The summed E-state index contributed by atoms with van der Waals surface area (Å²) >= 11 is 0. The van der Waals surface area contributed by atoms with Gasteiger partial charge in [0, 0.05) is 5.56 Å². The molecule has 4 aromatic rings. The van der Waals surface area contributed by atoms with E-state index in [1.807, 2.05) is 72.8 Å². The van der Waals surface area contributed by atoms with Crippen molar-refractivity contribution in [2.24, 2.45) is 0 Å². The van der Waals surface area contributed by atoms with Gasteiger partial charge in [0.25, 0.3) is 0 Å². The highest BCUT2D eigenvalue weighted by atomic mass is 16.1. The highest BCUT2D eigenvalue weighted by Gasteiger charge is 2.10. The summed E-state index contributed by atoms with van der Waals surface area (Å²) in [5.41, 5.74) is 1.77. The van der Waals surface area contributed by atoms with Crippen LogP contribution in [0.15, 0.2) is 91.0 Å². The molecule has 1 heteroatoms. The molecular formula is C23H16O. The number of hydrogen-bond donors (Lipinski definition) is 0. The molecule has 0 saturated carbocycles. The molecule has 0 saturated heterocycles. The lowest BCUT2D eigenvalue weighted by Crippen LogP contribution is -1.96. The van der Waals surface area contributed by atoms with Crippen LogP contribution in [0, 0.1) is 0 Å². The summed E-state index contributed by atoms with van der Waals surface area (Å²) in [6.07, 6.45) is 3.53. The van der Waals surface area contributed by atoms with Gasteiger partial charge in [-0.25, -0.2) is 0 Å². The fourth-order valence-corrected chi connectivity index (χ4v) is 3.08. The largest absolute Gasteiger partial charge is 0.289 e. The highest BCUT2D eigenvalue weighted by Crippen LogP contribution is 2.29. The summed E-state index contributed by atoms with van der Waals surface area (Å²) in [6.45, 7) is 0. The van der Waals surface area contributed by atoms with Gasteiger partial charge < -0.3 is 0 Å². The van der Waals surface area contributed by atoms with E-state index in [1.165, 1.54) is 5.39 Å². The van der Waals surface area contributed by atoms with Gasteiger partial charge in [0.15, 0.2) is 5.78 Å². The van der Waals surface area contributed by atoms with Crippen molar-refractivity contribution >= 4 is 33.4 Å². The first kappa shape index (κ1) is 14.4. The molecule has 0 bridgehead atoms. The summed E-state index contributed by atoms with van der Waals surface area (Å²) in [5, 5.41) is 4.38. The van der Waals surface area contributed by atoms with E-state index in [0.717, 1.165) is 27.3 Å². The molecule has 0 aliphatic rings. The standard InChI is InChI=1S/C23H16O/c24-23(15-14-17-8-2-1-3-9-17)22-16-18-10-4-5-11-19(18)20-12-6-7-13-21(20)22/h1-16H/b15-14+. The van der Waals surface area contributed by atoms with Gasteiger partial charge in [0.05, 0.1) is 0 Å². The lowest BCUT2D eigenvalue weighted by molar-refractivity contribution is 0.104. The normalized spacial score (nSPS) is 11.3. The molecule has 0 aliphatic carbocycles. The van der Waals surface area contributed by atoms with Crippen molar-refractivity contribution in [2.45, 2.75) is 0 Å². The molecule has 1 nitrogen and oxygen atoms in total. The average Bonchev–Trinajstić information content (AvgIpc) is 2.66. The SMILES string of the molecule is O=C(/C=C/c1ccccc1)c1cc2ccccc2c2ccccc12. The Kier molecular flexibility index (Phi) is 3.68. The number of ketones is 1. The van der Waals surface area contributed by atoms with Gasteiger partial charge >= 0.3 is 0 Å². The Balaban J connectivity index is 1.86. The molecule has 0 heterocycles. The molecule has 0 unspecified atom stereocenters. The monoisotopic (exact) mass is 308 g/mol. The first-order valence-corrected chi connectivity index (χ1v) is 8.01. The maximum absolute atomic E-state index is 12.8. The number of carbonyl (C=O) groups excluding carboxylic acids is 1. The van der Waals surface area contributed by atoms with Crippen LogP contribution in [-0.4, -0.2) is 5.78 Å². The van der Waals surface area contributed by atoms with Crippen LogP contribution in [0.25, 0.3) is 27.6 Å². The van der Waals surface area contributed by atoms with Crippen molar-refractivity contribution in [1.29, 1.82) is 0 Å². The zero-order valence-corrected chi connectivity index (χ0v) is 13.1. The number of hydrogen-bond acceptors (Lipinski definition) is 1. The van der Waals surface area contributed by atoms with Crippen molar-refractivity contribution in [3.63, 3.8) is 0 Å². The smallest absolute Gasteiger partial charge is 0.186 e. The third kappa shape index (κ3) is 2.61. The van der Waals surface area contributed by atoms with Crippen molar-refractivity contribution in [3.05, 3.63) is 102 Å². The van der Waals surface area contributed by atoms with Crippen LogP contribution >= 0.6 is 0 Å². The van der Waals surface area contributed by atoms with Crippen molar-refractivity contribution in [2.75, 3.05) is 0 Å². The van der Waals surface area contributed by atoms with Crippen molar-refractivity contribution < 1.29 is 4.79 Å². The fourth-order valence-electron chi connectivity index (χ4n) is 3.08. The van der Waals surface area contributed by atoms with Crippen LogP contribution in [0.3, 0.4) is 0 Å². The van der Waals surface area contributed by atoms with E-state index in [9.17, 15) is 4.79 Å². The van der Waals surface area contributed by atoms with Gasteiger partial charge in [0.1, 0.15) is 0 Å². The Morgan fingerprint density at radius 2 is 1.29 bits per heavy atom. The molecule has 0 aliphatic heterocycles. The third-order valence-corrected chi connectivity index (χ3v) is 4.26. The average molecular weight is 308 g/mol. The predicted molar refractivity (Wildman–Crippen MR) is 101 cm³/mol. The zero-order valence-electron chi connectivity index (χ0n) is 13.1. The molecule has 4 rings (SSSR count). The summed E-state index contributed by atoms with van der Waals surface area (Å²) in [5.74, 6) is 0.0285. The summed E-state index contributed by atoms with van der Waals surface area (Å²) in [6, 6.07) is 28.2. The predicted octanol–water partition coefficient (Wildman–Crippen LogP) is 5.89. The minimum atomic E-state index is 0.0285. The molecule has 0 aromatic heterocycles. The molecule has 114 valence electrons. The molecule has 0 amide bonds. The van der Waals surface area contributed by atoms with Crippen molar-refractivity contribution in [1.82, 2.24) is 0 Å². The molecule has 0 radical (unpaired) electrons. The van der Waals surface area contributed by atoms with Gasteiger partial charge in [-0.05, 0) is 39.3 Å². The number of rotatable bonds is 3. The number of fused-ring (bicyclic) bond motifs is 3. The van der Waals surface area contributed by atoms with E-state index >= 15 is 0 Å². The third-order valence-electron chi connectivity index (χ3n) is 4.26. The molecular weight excluding hydrogens is 292 g/mol. The van der Waals surface area contributed by atoms with Gasteiger partial charge in [-0.1, -0.05) is 84.9 Å². The topological polar surface area (TPSA) is 17.1 Å². The lowest BCUT2D eigenvalue weighted by Gasteiger charge is -2.08. The van der Waals surface area contributed by atoms with Crippen LogP contribution in [-0.2, 0) is 0 Å². The molecule has 0 atom stereocenters. The maximum Gasteiger partial charge on any atom is 0.186 e. The summed E-state index contributed by atoms with van der Waals surface area (Å²) in [7, 11) is 0. The molecule has 24 heavy (non-hydrogen) atoms. The summed E-state index contributed by atoms with van der Waals surface area (Å²) < 4.78 is 0. The Bertz CT molecular complexity index is 1060. The molecule has 0 spiro atoms. The van der Waals surface area contributed by atoms with Crippen LogP contribution in [0.4, 0.5) is 0 Å². The minimum Gasteiger partial charge on any atom is -0.289 e. The van der Waals surface area contributed by atoms with E-state index < -0.39 is 0 Å². The Morgan fingerprint density at radius 1 is 0.667 bits per heavy atom. The van der Waals surface area contributed by atoms with Crippen LogP contribution in [0.5, 0.6) is 0 Å². The van der Waals surface area contributed by atoms with Gasteiger partial charge in [-0.2, -0.15) is 0 Å². The minimum absolute atomic E-state index is 0.0285. The van der Waals surface area contributed by atoms with Crippen LogP contribution in [0.2, 0.25) is 0 Å². The first-order valence-electron chi connectivity index (χ1n) is 8.01. The molecule has 0 fully saturated rings. The molecule has 4 aromatic carbocycles. The highest BCUT2D eigenvalue weighted by molar-refractivity contribution is 6.21. The zero-order chi connectivity index (χ0) is 16.4.